The highest BCUT2D eigenvalue weighted by molar-refractivity contribution is 6.30. The maximum atomic E-state index is 6.11. The molecule has 2 aromatic rings. The number of aromatic nitrogens is 3. The lowest BCUT2D eigenvalue weighted by atomic mass is 9.96. The first-order valence-electron chi connectivity index (χ1n) is 9.50. The van der Waals surface area contributed by atoms with Crippen molar-refractivity contribution in [2.45, 2.75) is 38.1 Å². The van der Waals surface area contributed by atoms with E-state index >= 15 is 0 Å². The van der Waals surface area contributed by atoms with Crippen LogP contribution in [-0.4, -0.2) is 47.4 Å². The lowest BCUT2D eigenvalue weighted by Gasteiger charge is -2.36. The molecule has 1 aliphatic carbocycles. The number of hydrogen-bond donors (Lipinski definition) is 1. The smallest absolute Gasteiger partial charge is 0.247 e. The van der Waals surface area contributed by atoms with Crippen LogP contribution in [0.1, 0.15) is 32.1 Å². The standard InChI is InChI=1S/C19H25ClN6/c20-15-5-4-8-17(13-15)25-9-11-26(12-10-25)19-23-18(14-21-24-19)22-16-6-2-1-3-7-16/h4-5,8,13-14,16H,1-3,6-7,9-12H2,(H,22,23,24). The number of halogens is 1. The van der Waals surface area contributed by atoms with Crippen molar-refractivity contribution in [1.29, 1.82) is 0 Å². The maximum Gasteiger partial charge on any atom is 0.247 e. The van der Waals surface area contributed by atoms with E-state index in [1.807, 2.05) is 18.2 Å². The largest absolute Gasteiger partial charge is 0.368 e. The quantitative estimate of drug-likeness (QED) is 0.885. The molecule has 0 atom stereocenters. The van der Waals surface area contributed by atoms with Crippen LogP contribution >= 0.6 is 11.6 Å². The molecule has 0 radical (unpaired) electrons. The second-order valence-electron chi connectivity index (χ2n) is 7.07. The van der Waals surface area contributed by atoms with E-state index in [9.17, 15) is 0 Å². The molecule has 26 heavy (non-hydrogen) atoms. The van der Waals surface area contributed by atoms with Crippen molar-refractivity contribution in [1.82, 2.24) is 15.2 Å². The second-order valence-corrected chi connectivity index (χ2v) is 7.51. The Bertz CT molecular complexity index is 725. The van der Waals surface area contributed by atoms with Crippen LogP contribution in [0.3, 0.4) is 0 Å². The van der Waals surface area contributed by atoms with Gasteiger partial charge in [-0.2, -0.15) is 10.1 Å². The fourth-order valence-corrected chi connectivity index (χ4v) is 3.98. The molecule has 1 aromatic heterocycles. The van der Waals surface area contributed by atoms with Gasteiger partial charge in [0, 0.05) is 42.9 Å². The summed E-state index contributed by atoms with van der Waals surface area (Å²) in [6.45, 7) is 3.59. The van der Waals surface area contributed by atoms with E-state index < -0.39 is 0 Å². The van der Waals surface area contributed by atoms with Crippen molar-refractivity contribution in [3.05, 3.63) is 35.5 Å². The molecule has 1 saturated heterocycles. The summed E-state index contributed by atoms with van der Waals surface area (Å²) in [7, 11) is 0. The van der Waals surface area contributed by atoms with Crippen LogP contribution < -0.4 is 15.1 Å². The highest BCUT2D eigenvalue weighted by Crippen LogP contribution is 2.23. The molecule has 6 nitrogen and oxygen atoms in total. The third-order valence-corrected chi connectivity index (χ3v) is 5.48. The van der Waals surface area contributed by atoms with Crippen LogP contribution in [0.15, 0.2) is 30.5 Å². The van der Waals surface area contributed by atoms with Crippen molar-refractivity contribution < 1.29 is 0 Å². The molecule has 1 aromatic carbocycles. The van der Waals surface area contributed by atoms with E-state index in [4.69, 9.17) is 16.6 Å². The summed E-state index contributed by atoms with van der Waals surface area (Å²) >= 11 is 6.11. The lowest BCUT2D eigenvalue weighted by Crippen LogP contribution is -2.47. The lowest BCUT2D eigenvalue weighted by molar-refractivity contribution is 0.461. The van der Waals surface area contributed by atoms with Gasteiger partial charge < -0.3 is 15.1 Å². The summed E-state index contributed by atoms with van der Waals surface area (Å²) in [4.78, 5) is 9.26. The number of nitrogens with zero attached hydrogens (tertiary/aromatic N) is 5. The Morgan fingerprint density at radius 1 is 1.00 bits per heavy atom. The molecule has 0 spiro atoms. The average molecular weight is 373 g/mol. The van der Waals surface area contributed by atoms with Crippen LogP contribution in [0.25, 0.3) is 0 Å². The summed E-state index contributed by atoms with van der Waals surface area (Å²) in [6.07, 6.45) is 8.13. The zero-order valence-corrected chi connectivity index (χ0v) is 15.7. The van der Waals surface area contributed by atoms with Gasteiger partial charge in [-0.1, -0.05) is 36.9 Å². The first-order chi connectivity index (χ1) is 12.8. The third kappa shape index (κ3) is 4.18. The third-order valence-electron chi connectivity index (χ3n) is 5.24. The van der Waals surface area contributed by atoms with Crippen LogP contribution in [0, 0.1) is 0 Å². The number of piperazine rings is 1. The van der Waals surface area contributed by atoms with Gasteiger partial charge in [0.25, 0.3) is 0 Å². The summed E-state index contributed by atoms with van der Waals surface area (Å²) in [6, 6.07) is 8.55. The fraction of sp³-hybridized carbons (Fsp3) is 0.526. The molecule has 1 saturated carbocycles. The van der Waals surface area contributed by atoms with Crippen molar-refractivity contribution in [2.75, 3.05) is 41.3 Å². The molecule has 1 N–H and O–H groups in total. The molecule has 4 rings (SSSR count). The van der Waals surface area contributed by atoms with Gasteiger partial charge in [-0.3, -0.25) is 0 Å². The topological polar surface area (TPSA) is 57.2 Å². The molecular formula is C19H25ClN6. The van der Waals surface area contributed by atoms with E-state index in [0.717, 1.165) is 43.0 Å². The zero-order valence-electron chi connectivity index (χ0n) is 14.9. The van der Waals surface area contributed by atoms with Crippen LogP contribution in [0.4, 0.5) is 17.5 Å². The Hall–Kier alpha value is -2.08. The SMILES string of the molecule is Clc1cccc(N2CCN(c3nncc(NC4CCCCC4)n3)CC2)c1. The maximum absolute atomic E-state index is 6.11. The second kappa shape index (κ2) is 8.08. The number of rotatable bonds is 4. The zero-order chi connectivity index (χ0) is 17.8. The van der Waals surface area contributed by atoms with Crippen molar-refractivity contribution in [2.24, 2.45) is 0 Å². The van der Waals surface area contributed by atoms with Gasteiger partial charge in [-0.05, 0) is 31.0 Å². The van der Waals surface area contributed by atoms with Gasteiger partial charge in [0.05, 0.1) is 6.20 Å². The van der Waals surface area contributed by atoms with Gasteiger partial charge in [0.15, 0.2) is 5.82 Å². The number of hydrogen-bond acceptors (Lipinski definition) is 6. The number of anilines is 3. The molecule has 138 valence electrons. The van der Waals surface area contributed by atoms with Crippen LogP contribution in [0.2, 0.25) is 5.02 Å². The molecule has 1 aliphatic heterocycles. The Morgan fingerprint density at radius 2 is 1.77 bits per heavy atom. The van der Waals surface area contributed by atoms with E-state index in [1.165, 1.54) is 37.8 Å². The van der Waals surface area contributed by atoms with E-state index in [1.54, 1.807) is 6.20 Å². The minimum absolute atomic E-state index is 0.521. The molecule has 2 heterocycles. The normalized spacial score (nSPS) is 18.8. The van der Waals surface area contributed by atoms with E-state index in [0.29, 0.717) is 6.04 Å². The first kappa shape index (κ1) is 17.3. The number of benzene rings is 1. The van der Waals surface area contributed by atoms with E-state index in [-0.39, 0.29) is 0 Å². The molecule has 7 heteroatoms. The first-order valence-corrected chi connectivity index (χ1v) is 9.87. The predicted molar refractivity (Wildman–Crippen MR) is 106 cm³/mol. The molecule has 2 aliphatic rings. The van der Waals surface area contributed by atoms with Crippen LogP contribution in [0.5, 0.6) is 0 Å². The Labute approximate surface area is 159 Å². The van der Waals surface area contributed by atoms with Gasteiger partial charge in [-0.15, -0.1) is 5.10 Å². The van der Waals surface area contributed by atoms with Crippen molar-refractivity contribution >= 4 is 29.1 Å². The van der Waals surface area contributed by atoms with E-state index in [2.05, 4.69) is 31.4 Å². The Morgan fingerprint density at radius 3 is 2.54 bits per heavy atom. The monoisotopic (exact) mass is 372 g/mol. The van der Waals surface area contributed by atoms with Crippen LogP contribution in [-0.2, 0) is 0 Å². The van der Waals surface area contributed by atoms with Crippen molar-refractivity contribution in [3.8, 4) is 0 Å². The minimum Gasteiger partial charge on any atom is -0.368 e. The Balaban J connectivity index is 1.37. The van der Waals surface area contributed by atoms with Gasteiger partial charge >= 0.3 is 0 Å². The highest BCUT2D eigenvalue weighted by atomic mass is 35.5. The summed E-state index contributed by atoms with van der Waals surface area (Å²) in [5, 5.41) is 12.7. The summed E-state index contributed by atoms with van der Waals surface area (Å²) < 4.78 is 0. The van der Waals surface area contributed by atoms with Gasteiger partial charge in [0.2, 0.25) is 5.95 Å². The van der Waals surface area contributed by atoms with Gasteiger partial charge in [-0.25, -0.2) is 0 Å². The molecular weight excluding hydrogens is 348 g/mol. The highest BCUT2D eigenvalue weighted by Gasteiger charge is 2.21. The average Bonchev–Trinajstić information content (AvgIpc) is 2.69. The minimum atomic E-state index is 0.521. The summed E-state index contributed by atoms with van der Waals surface area (Å²) in [5.74, 6) is 1.57. The van der Waals surface area contributed by atoms with Crippen molar-refractivity contribution in [3.63, 3.8) is 0 Å². The molecule has 0 amide bonds. The Kier molecular flexibility index (Phi) is 5.39. The van der Waals surface area contributed by atoms with Gasteiger partial charge in [0.1, 0.15) is 0 Å². The molecule has 0 unspecified atom stereocenters. The number of nitrogens with one attached hydrogen (secondary N) is 1. The molecule has 0 bridgehead atoms. The fourth-order valence-electron chi connectivity index (χ4n) is 3.79. The predicted octanol–water partition coefficient (Wildman–Crippen LogP) is 3.60. The summed E-state index contributed by atoms with van der Waals surface area (Å²) in [5.41, 5.74) is 1.17. The molecule has 2 fully saturated rings.